The second-order valence-corrected chi connectivity index (χ2v) is 4.92. The molecule has 3 aromatic rings. The van der Waals surface area contributed by atoms with Gasteiger partial charge in [-0.3, -0.25) is 9.89 Å². The molecule has 0 aliphatic heterocycles. The van der Waals surface area contributed by atoms with E-state index in [-0.39, 0.29) is 5.91 Å². The Labute approximate surface area is 122 Å². The van der Waals surface area contributed by atoms with Crippen molar-refractivity contribution in [2.75, 3.05) is 11.1 Å². The Morgan fingerprint density at radius 3 is 2.95 bits per heavy atom. The number of rotatable bonds is 4. The number of aryl methyl sites for hydroxylation is 1. The number of benzene rings is 2. The molecule has 0 atom stereocenters. The first kappa shape index (κ1) is 13.2. The largest absolute Gasteiger partial charge is 0.399 e. The van der Waals surface area contributed by atoms with Crippen LogP contribution in [-0.2, 0) is 11.2 Å². The Kier molecular flexibility index (Phi) is 3.55. The van der Waals surface area contributed by atoms with Crippen LogP contribution in [0.4, 0.5) is 11.4 Å². The maximum Gasteiger partial charge on any atom is 0.224 e. The van der Waals surface area contributed by atoms with E-state index >= 15 is 0 Å². The van der Waals surface area contributed by atoms with Crippen molar-refractivity contribution in [1.29, 1.82) is 0 Å². The lowest BCUT2D eigenvalue weighted by Crippen LogP contribution is -2.12. The first-order valence-corrected chi connectivity index (χ1v) is 6.79. The minimum absolute atomic E-state index is 0.0268. The molecule has 0 unspecified atom stereocenters. The summed E-state index contributed by atoms with van der Waals surface area (Å²) in [6.45, 7) is 0. The van der Waals surface area contributed by atoms with Gasteiger partial charge >= 0.3 is 0 Å². The molecule has 1 aromatic heterocycles. The Morgan fingerprint density at radius 2 is 2.10 bits per heavy atom. The number of carbonyl (C=O) groups is 1. The van der Waals surface area contributed by atoms with E-state index in [1.165, 1.54) is 0 Å². The summed E-state index contributed by atoms with van der Waals surface area (Å²) in [4.78, 5) is 12.0. The van der Waals surface area contributed by atoms with Gasteiger partial charge in [0.1, 0.15) is 0 Å². The minimum Gasteiger partial charge on any atom is -0.399 e. The average molecular weight is 280 g/mol. The van der Waals surface area contributed by atoms with Crippen molar-refractivity contribution in [3.63, 3.8) is 0 Å². The predicted octanol–water partition coefficient (Wildman–Crippen LogP) is 2.72. The molecule has 0 saturated heterocycles. The van der Waals surface area contributed by atoms with Crippen LogP contribution in [0, 0.1) is 0 Å². The third kappa shape index (κ3) is 3.02. The number of amides is 1. The Hall–Kier alpha value is -2.82. The number of para-hydroxylation sites is 1. The number of carbonyl (C=O) groups excluding carboxylic acids is 1. The highest BCUT2D eigenvalue weighted by atomic mass is 16.1. The van der Waals surface area contributed by atoms with Crippen LogP contribution in [0.15, 0.2) is 48.7 Å². The van der Waals surface area contributed by atoms with Crippen LogP contribution >= 0.6 is 0 Å². The summed E-state index contributed by atoms with van der Waals surface area (Å²) in [6, 6.07) is 13.3. The maximum absolute atomic E-state index is 12.0. The van der Waals surface area contributed by atoms with Crippen LogP contribution in [0.5, 0.6) is 0 Å². The van der Waals surface area contributed by atoms with Gasteiger partial charge in [0.15, 0.2) is 0 Å². The van der Waals surface area contributed by atoms with Crippen molar-refractivity contribution in [3.05, 3.63) is 54.2 Å². The van der Waals surface area contributed by atoms with Gasteiger partial charge in [-0.05, 0) is 36.2 Å². The monoisotopic (exact) mass is 280 g/mol. The molecular weight excluding hydrogens is 264 g/mol. The zero-order valence-corrected chi connectivity index (χ0v) is 11.5. The number of aromatic nitrogens is 2. The summed E-state index contributed by atoms with van der Waals surface area (Å²) in [5, 5.41) is 10.7. The van der Waals surface area contributed by atoms with Gasteiger partial charge in [-0.15, -0.1) is 0 Å². The van der Waals surface area contributed by atoms with Gasteiger partial charge < -0.3 is 11.1 Å². The average Bonchev–Trinajstić information content (AvgIpc) is 2.94. The first-order valence-electron chi connectivity index (χ1n) is 6.79. The Balaban J connectivity index is 1.62. The summed E-state index contributed by atoms with van der Waals surface area (Å²) < 4.78 is 0. The molecule has 106 valence electrons. The quantitative estimate of drug-likeness (QED) is 0.642. The van der Waals surface area contributed by atoms with E-state index in [4.69, 9.17) is 5.73 Å². The molecular formula is C16H16N4O. The van der Waals surface area contributed by atoms with Crippen molar-refractivity contribution in [2.24, 2.45) is 0 Å². The summed E-state index contributed by atoms with van der Waals surface area (Å²) in [6.07, 6.45) is 2.76. The van der Waals surface area contributed by atoms with E-state index in [2.05, 4.69) is 15.5 Å². The SMILES string of the molecule is Nc1ccccc1CCC(=O)Nc1ccc2[nH]ncc2c1. The molecule has 5 heteroatoms. The van der Waals surface area contributed by atoms with Gasteiger partial charge in [0.25, 0.3) is 0 Å². The van der Waals surface area contributed by atoms with Crippen molar-refractivity contribution < 1.29 is 4.79 Å². The molecule has 0 saturated carbocycles. The summed E-state index contributed by atoms with van der Waals surface area (Å²) in [5.74, 6) is -0.0268. The molecule has 5 nitrogen and oxygen atoms in total. The third-order valence-electron chi connectivity index (χ3n) is 3.40. The first-order chi connectivity index (χ1) is 10.2. The van der Waals surface area contributed by atoms with E-state index < -0.39 is 0 Å². The summed E-state index contributed by atoms with van der Waals surface area (Å²) in [7, 11) is 0. The molecule has 1 heterocycles. The third-order valence-corrected chi connectivity index (χ3v) is 3.40. The number of H-pyrrole nitrogens is 1. The van der Waals surface area contributed by atoms with Crippen LogP contribution in [-0.4, -0.2) is 16.1 Å². The van der Waals surface area contributed by atoms with E-state index in [9.17, 15) is 4.79 Å². The number of hydrogen-bond acceptors (Lipinski definition) is 3. The topological polar surface area (TPSA) is 83.8 Å². The number of hydrogen-bond donors (Lipinski definition) is 3. The summed E-state index contributed by atoms with van der Waals surface area (Å²) in [5.41, 5.74) is 9.31. The minimum atomic E-state index is -0.0268. The number of aromatic amines is 1. The van der Waals surface area contributed by atoms with Gasteiger partial charge in [0, 0.05) is 23.2 Å². The molecule has 0 fully saturated rings. The predicted molar refractivity (Wildman–Crippen MR) is 83.9 cm³/mol. The fourth-order valence-corrected chi connectivity index (χ4v) is 2.25. The molecule has 3 rings (SSSR count). The lowest BCUT2D eigenvalue weighted by molar-refractivity contribution is -0.116. The lowest BCUT2D eigenvalue weighted by atomic mass is 10.1. The molecule has 0 spiro atoms. The zero-order valence-electron chi connectivity index (χ0n) is 11.5. The van der Waals surface area contributed by atoms with Crippen LogP contribution in [0.3, 0.4) is 0 Å². The lowest BCUT2D eigenvalue weighted by Gasteiger charge is -2.07. The molecule has 0 bridgehead atoms. The number of nitrogens with zero attached hydrogens (tertiary/aromatic N) is 1. The normalized spacial score (nSPS) is 10.7. The van der Waals surface area contributed by atoms with Gasteiger partial charge in [-0.2, -0.15) is 5.10 Å². The number of fused-ring (bicyclic) bond motifs is 1. The standard InChI is InChI=1S/C16H16N4O/c17-14-4-2-1-3-11(14)5-8-16(21)19-13-6-7-15-12(9-13)10-18-20-15/h1-4,6-7,9-10H,5,8,17H2,(H,18,20)(H,19,21). The number of anilines is 2. The van der Waals surface area contributed by atoms with Crippen LogP contribution in [0.25, 0.3) is 10.9 Å². The molecule has 21 heavy (non-hydrogen) atoms. The zero-order chi connectivity index (χ0) is 14.7. The number of nitrogens with one attached hydrogen (secondary N) is 2. The highest BCUT2D eigenvalue weighted by Gasteiger charge is 2.06. The molecule has 2 aromatic carbocycles. The van der Waals surface area contributed by atoms with E-state index in [0.717, 1.165) is 27.8 Å². The molecule has 0 aliphatic carbocycles. The van der Waals surface area contributed by atoms with E-state index in [1.807, 2.05) is 42.5 Å². The number of nitrogens with two attached hydrogens (primary N) is 1. The Bertz CT molecular complexity index is 779. The second kappa shape index (κ2) is 5.66. The fraction of sp³-hybridized carbons (Fsp3) is 0.125. The van der Waals surface area contributed by atoms with E-state index in [0.29, 0.717) is 12.8 Å². The molecule has 4 N–H and O–H groups in total. The van der Waals surface area contributed by atoms with Crippen LogP contribution < -0.4 is 11.1 Å². The molecule has 0 aliphatic rings. The van der Waals surface area contributed by atoms with Crippen molar-refractivity contribution >= 4 is 28.2 Å². The van der Waals surface area contributed by atoms with Gasteiger partial charge in [-0.1, -0.05) is 18.2 Å². The molecule has 0 radical (unpaired) electrons. The Morgan fingerprint density at radius 1 is 1.24 bits per heavy atom. The van der Waals surface area contributed by atoms with Crippen molar-refractivity contribution in [3.8, 4) is 0 Å². The summed E-state index contributed by atoms with van der Waals surface area (Å²) >= 11 is 0. The highest BCUT2D eigenvalue weighted by molar-refractivity contribution is 5.93. The van der Waals surface area contributed by atoms with Crippen LogP contribution in [0.1, 0.15) is 12.0 Å². The number of nitrogen functional groups attached to an aromatic ring is 1. The van der Waals surface area contributed by atoms with Gasteiger partial charge in [0.2, 0.25) is 5.91 Å². The molecule has 1 amide bonds. The second-order valence-electron chi connectivity index (χ2n) is 4.92. The maximum atomic E-state index is 12.0. The van der Waals surface area contributed by atoms with Gasteiger partial charge in [0.05, 0.1) is 11.7 Å². The van der Waals surface area contributed by atoms with Crippen molar-refractivity contribution in [2.45, 2.75) is 12.8 Å². The highest BCUT2D eigenvalue weighted by Crippen LogP contribution is 2.17. The van der Waals surface area contributed by atoms with Crippen molar-refractivity contribution in [1.82, 2.24) is 10.2 Å². The fourth-order valence-electron chi connectivity index (χ4n) is 2.25. The van der Waals surface area contributed by atoms with Crippen LogP contribution in [0.2, 0.25) is 0 Å². The smallest absolute Gasteiger partial charge is 0.224 e. The van der Waals surface area contributed by atoms with Gasteiger partial charge in [-0.25, -0.2) is 0 Å². The van der Waals surface area contributed by atoms with E-state index in [1.54, 1.807) is 6.20 Å².